The summed E-state index contributed by atoms with van der Waals surface area (Å²) in [5.74, 6) is 0.221. The Balaban J connectivity index is 1.81. The van der Waals surface area contributed by atoms with E-state index in [1.54, 1.807) is 44.1 Å². The zero-order chi connectivity index (χ0) is 28.6. The molecular formula is C30H31N3O6S. The molecular weight excluding hydrogens is 530 g/mol. The fourth-order valence-corrected chi connectivity index (χ4v) is 6.35. The molecule has 1 amide bonds. The number of esters is 1. The summed E-state index contributed by atoms with van der Waals surface area (Å²) in [5, 5.41) is 0. The molecule has 0 saturated heterocycles. The van der Waals surface area contributed by atoms with E-state index in [1.165, 1.54) is 11.7 Å². The first-order valence-corrected chi connectivity index (χ1v) is 14.0. The number of para-hydroxylation sites is 1. The van der Waals surface area contributed by atoms with Crippen molar-refractivity contribution in [3.05, 3.63) is 84.5 Å². The van der Waals surface area contributed by atoms with Crippen molar-refractivity contribution in [2.24, 2.45) is 4.99 Å². The number of rotatable bonds is 8. The smallest absolute Gasteiger partial charge is 0.338 e. The van der Waals surface area contributed by atoms with Crippen LogP contribution in [0.25, 0.3) is 5.57 Å². The third kappa shape index (κ3) is 4.42. The van der Waals surface area contributed by atoms with E-state index in [0.29, 0.717) is 45.2 Å². The minimum Gasteiger partial charge on any atom is -0.497 e. The normalized spacial score (nSPS) is 17.4. The van der Waals surface area contributed by atoms with E-state index in [9.17, 15) is 14.4 Å². The van der Waals surface area contributed by atoms with E-state index in [2.05, 4.69) is 11.9 Å². The lowest BCUT2D eigenvalue weighted by Gasteiger charge is -2.26. The van der Waals surface area contributed by atoms with Crippen LogP contribution < -0.4 is 29.3 Å². The molecule has 0 radical (unpaired) electrons. The Morgan fingerprint density at radius 1 is 1.07 bits per heavy atom. The first kappa shape index (κ1) is 27.4. The molecule has 40 heavy (non-hydrogen) atoms. The van der Waals surface area contributed by atoms with Crippen LogP contribution in [0.3, 0.4) is 0 Å². The quantitative estimate of drug-likeness (QED) is 0.391. The highest BCUT2D eigenvalue weighted by atomic mass is 32.1. The van der Waals surface area contributed by atoms with Crippen LogP contribution in [0.4, 0.5) is 5.69 Å². The summed E-state index contributed by atoms with van der Waals surface area (Å²) in [5.41, 5.74) is 2.69. The van der Waals surface area contributed by atoms with E-state index >= 15 is 0 Å². The lowest BCUT2D eigenvalue weighted by molar-refractivity contribution is -0.139. The van der Waals surface area contributed by atoms with Gasteiger partial charge in [-0.1, -0.05) is 42.9 Å². The van der Waals surface area contributed by atoms with Gasteiger partial charge in [0.15, 0.2) is 4.80 Å². The number of unbranched alkanes of at least 4 members (excludes halogenated alkanes) is 1. The number of hydrogen-bond acceptors (Lipinski definition) is 8. The fourth-order valence-electron chi connectivity index (χ4n) is 5.22. The largest absolute Gasteiger partial charge is 0.497 e. The van der Waals surface area contributed by atoms with Crippen molar-refractivity contribution >= 4 is 34.5 Å². The second-order valence-corrected chi connectivity index (χ2v) is 10.4. The maximum atomic E-state index is 14.3. The number of anilines is 1. The van der Waals surface area contributed by atoms with Crippen LogP contribution >= 0.6 is 11.3 Å². The first-order chi connectivity index (χ1) is 19.4. The molecule has 1 atom stereocenters. The van der Waals surface area contributed by atoms with Gasteiger partial charge < -0.3 is 19.1 Å². The lowest BCUT2D eigenvalue weighted by atomic mass is 9.95. The monoisotopic (exact) mass is 561 g/mol. The number of carbonyl (C=O) groups excluding carboxylic acids is 2. The third-order valence-electron chi connectivity index (χ3n) is 7.11. The molecule has 0 aliphatic carbocycles. The van der Waals surface area contributed by atoms with Gasteiger partial charge in [0.1, 0.15) is 22.1 Å². The summed E-state index contributed by atoms with van der Waals surface area (Å²) in [6, 6.07) is 11.9. The molecule has 10 heteroatoms. The standard InChI is InChI=1S/C30H31N3O6S/c1-6-8-15-32-21-12-10-9-11-19(21)24(27(32)34)26-28(35)33-25(20-14-13-18(37-4)16-22(20)38-5)23(29(36)39-7-2)17(3)31-30(33)40-26/h9-14,16,25H,6-8,15H2,1-5H3/b26-24+/t25-/m0/s1. The van der Waals surface area contributed by atoms with Gasteiger partial charge in [0.25, 0.3) is 11.5 Å². The topological polar surface area (TPSA) is 99.4 Å². The molecule has 208 valence electrons. The molecule has 9 nitrogen and oxygen atoms in total. The van der Waals surface area contributed by atoms with E-state index in [-0.39, 0.29) is 22.6 Å². The predicted octanol–water partition coefficient (Wildman–Crippen LogP) is 3.33. The van der Waals surface area contributed by atoms with Crippen LogP contribution in [0.5, 0.6) is 11.5 Å². The third-order valence-corrected chi connectivity index (χ3v) is 8.17. The van der Waals surface area contributed by atoms with Crippen molar-refractivity contribution in [3.63, 3.8) is 0 Å². The van der Waals surface area contributed by atoms with Gasteiger partial charge in [-0.15, -0.1) is 0 Å². The molecule has 0 spiro atoms. The Morgan fingerprint density at radius 2 is 1.85 bits per heavy atom. The summed E-state index contributed by atoms with van der Waals surface area (Å²) in [4.78, 5) is 48.1. The Hall–Kier alpha value is -4.18. The second kappa shape index (κ2) is 11.1. The number of aromatic nitrogens is 1. The van der Waals surface area contributed by atoms with E-state index < -0.39 is 17.6 Å². The van der Waals surface area contributed by atoms with Crippen molar-refractivity contribution in [2.75, 3.05) is 32.3 Å². The Morgan fingerprint density at radius 3 is 2.55 bits per heavy atom. The Kier molecular flexibility index (Phi) is 7.62. The maximum absolute atomic E-state index is 14.3. The van der Waals surface area contributed by atoms with E-state index in [0.717, 1.165) is 29.9 Å². The summed E-state index contributed by atoms with van der Waals surface area (Å²) >= 11 is 1.15. The Labute approximate surface area is 235 Å². The van der Waals surface area contributed by atoms with Crippen molar-refractivity contribution in [2.45, 2.75) is 39.7 Å². The number of allylic oxidation sites excluding steroid dienone is 1. The van der Waals surface area contributed by atoms with Crippen LogP contribution in [-0.2, 0) is 14.3 Å². The lowest BCUT2D eigenvalue weighted by Crippen LogP contribution is -2.41. The Bertz CT molecular complexity index is 1720. The maximum Gasteiger partial charge on any atom is 0.338 e. The van der Waals surface area contributed by atoms with Gasteiger partial charge in [0.05, 0.1) is 43.4 Å². The van der Waals surface area contributed by atoms with Crippen molar-refractivity contribution in [1.29, 1.82) is 0 Å². The number of methoxy groups -OCH3 is 2. The van der Waals surface area contributed by atoms with Crippen LogP contribution in [0, 0.1) is 0 Å². The molecule has 5 rings (SSSR count). The van der Waals surface area contributed by atoms with Gasteiger partial charge in [0.2, 0.25) is 0 Å². The molecule has 0 N–H and O–H groups in total. The van der Waals surface area contributed by atoms with Gasteiger partial charge in [-0.05, 0) is 38.5 Å². The van der Waals surface area contributed by atoms with Gasteiger partial charge in [-0.2, -0.15) is 0 Å². The highest BCUT2D eigenvalue weighted by Crippen LogP contribution is 2.38. The SMILES string of the molecule is CCCCN1C(=O)/C(=c2/sc3n(c2=O)[C@@H](c2ccc(OC)cc2OC)C(C(=O)OCC)=C(C)N=3)c2ccccc21. The summed E-state index contributed by atoms with van der Waals surface area (Å²) in [6.07, 6.45) is 1.77. The zero-order valence-corrected chi connectivity index (χ0v) is 24.0. The summed E-state index contributed by atoms with van der Waals surface area (Å²) in [7, 11) is 3.07. The van der Waals surface area contributed by atoms with Crippen molar-refractivity contribution in [3.8, 4) is 11.5 Å². The number of benzene rings is 2. The van der Waals surface area contributed by atoms with Crippen LogP contribution in [0.15, 0.2) is 63.5 Å². The highest BCUT2D eigenvalue weighted by molar-refractivity contribution is 7.07. The summed E-state index contributed by atoms with van der Waals surface area (Å²) < 4.78 is 18.2. The molecule has 0 bridgehead atoms. The molecule has 2 aromatic carbocycles. The minimum atomic E-state index is -0.881. The average molecular weight is 562 g/mol. The number of ether oxygens (including phenoxy) is 3. The summed E-state index contributed by atoms with van der Waals surface area (Å²) in [6.45, 7) is 6.24. The minimum absolute atomic E-state index is 0.162. The molecule has 2 aliphatic heterocycles. The van der Waals surface area contributed by atoms with Crippen LogP contribution in [0.1, 0.15) is 50.8 Å². The molecule has 0 unspecified atom stereocenters. The molecule has 1 aromatic heterocycles. The van der Waals surface area contributed by atoms with Crippen molar-refractivity contribution < 1.29 is 23.8 Å². The molecule has 2 aliphatic rings. The molecule has 0 saturated carbocycles. The van der Waals surface area contributed by atoms with Gasteiger partial charge in [0, 0.05) is 23.7 Å². The van der Waals surface area contributed by atoms with E-state index in [1.807, 2.05) is 24.3 Å². The second-order valence-electron chi connectivity index (χ2n) is 9.43. The van der Waals surface area contributed by atoms with Gasteiger partial charge in [-0.25, -0.2) is 9.79 Å². The number of thiazole rings is 1. The molecule has 0 fully saturated rings. The fraction of sp³-hybridized carbons (Fsp3) is 0.333. The number of fused-ring (bicyclic) bond motifs is 2. The zero-order valence-electron chi connectivity index (χ0n) is 23.1. The van der Waals surface area contributed by atoms with Gasteiger partial charge >= 0.3 is 5.97 Å². The average Bonchev–Trinajstić information content (AvgIpc) is 3.42. The first-order valence-electron chi connectivity index (χ1n) is 13.2. The van der Waals surface area contributed by atoms with Gasteiger partial charge in [-0.3, -0.25) is 14.2 Å². The number of amides is 1. The van der Waals surface area contributed by atoms with Crippen LogP contribution in [-0.4, -0.2) is 43.8 Å². The predicted molar refractivity (Wildman–Crippen MR) is 153 cm³/mol. The van der Waals surface area contributed by atoms with Crippen LogP contribution in [0.2, 0.25) is 0 Å². The highest BCUT2D eigenvalue weighted by Gasteiger charge is 2.38. The van der Waals surface area contributed by atoms with Crippen molar-refractivity contribution in [1.82, 2.24) is 4.57 Å². The number of carbonyl (C=O) groups is 2. The number of nitrogens with zero attached hydrogens (tertiary/aromatic N) is 3. The molecule has 3 aromatic rings. The molecule has 3 heterocycles. The number of hydrogen-bond donors (Lipinski definition) is 0. The van der Waals surface area contributed by atoms with E-state index in [4.69, 9.17) is 14.2 Å².